The van der Waals surface area contributed by atoms with Crippen molar-refractivity contribution in [1.29, 1.82) is 0 Å². The van der Waals surface area contributed by atoms with Crippen LogP contribution >= 0.6 is 0 Å². The van der Waals surface area contributed by atoms with Gasteiger partial charge in [-0.2, -0.15) is 0 Å². The van der Waals surface area contributed by atoms with E-state index in [0.717, 1.165) is 16.3 Å². The van der Waals surface area contributed by atoms with Crippen LogP contribution in [0, 0.1) is 0 Å². The summed E-state index contributed by atoms with van der Waals surface area (Å²) < 4.78 is 5.71. The highest BCUT2D eigenvalue weighted by Gasteiger charge is 2.05. The fraction of sp³-hybridized carbons (Fsp3) is 0.125. The first kappa shape index (κ1) is 12.6. The van der Waals surface area contributed by atoms with E-state index in [0.29, 0.717) is 18.2 Å². The zero-order valence-corrected chi connectivity index (χ0v) is 10.9. The third-order valence-electron chi connectivity index (χ3n) is 3.08. The second kappa shape index (κ2) is 5.67. The van der Waals surface area contributed by atoms with Crippen molar-refractivity contribution in [3.05, 3.63) is 66.2 Å². The Balaban J connectivity index is 1.88. The summed E-state index contributed by atoms with van der Waals surface area (Å²) in [4.78, 5) is 8.23. The Bertz CT molecular complexity index is 714. The van der Waals surface area contributed by atoms with Gasteiger partial charge in [-0.25, -0.2) is 9.97 Å². The van der Waals surface area contributed by atoms with Crippen molar-refractivity contribution in [3.63, 3.8) is 0 Å². The Hall–Kier alpha value is -2.46. The summed E-state index contributed by atoms with van der Waals surface area (Å²) in [6, 6.07) is 13.5. The molecule has 0 aliphatic heterocycles. The molecule has 0 bridgehead atoms. The second-order valence-corrected chi connectivity index (χ2v) is 4.42. The summed E-state index contributed by atoms with van der Waals surface area (Å²) in [6.07, 6.45) is 3.37. The molecule has 3 aromatic rings. The van der Waals surface area contributed by atoms with Crippen molar-refractivity contribution < 1.29 is 9.84 Å². The van der Waals surface area contributed by atoms with Gasteiger partial charge in [0, 0.05) is 12.4 Å². The maximum Gasteiger partial charge on any atom is 0.166 e. The molecule has 0 saturated carbocycles. The van der Waals surface area contributed by atoms with E-state index in [9.17, 15) is 5.11 Å². The van der Waals surface area contributed by atoms with E-state index in [-0.39, 0.29) is 6.61 Å². The Morgan fingerprint density at radius 2 is 1.80 bits per heavy atom. The average molecular weight is 266 g/mol. The highest BCUT2D eigenvalue weighted by molar-refractivity contribution is 5.87. The van der Waals surface area contributed by atoms with Gasteiger partial charge in [-0.15, -0.1) is 0 Å². The van der Waals surface area contributed by atoms with Crippen LogP contribution in [0.4, 0.5) is 0 Å². The molecule has 4 heteroatoms. The van der Waals surface area contributed by atoms with E-state index < -0.39 is 0 Å². The first-order chi connectivity index (χ1) is 9.86. The van der Waals surface area contributed by atoms with Crippen LogP contribution in [0.25, 0.3) is 10.8 Å². The minimum Gasteiger partial charge on any atom is -0.486 e. The number of nitrogens with zero attached hydrogens (tertiary/aromatic N) is 2. The van der Waals surface area contributed by atoms with Crippen LogP contribution in [0.15, 0.2) is 54.9 Å². The van der Waals surface area contributed by atoms with E-state index in [2.05, 4.69) is 9.97 Å². The molecule has 1 N–H and O–H groups in total. The normalized spacial score (nSPS) is 10.7. The van der Waals surface area contributed by atoms with Crippen LogP contribution in [-0.4, -0.2) is 15.1 Å². The molecule has 1 heterocycles. The number of rotatable bonds is 4. The van der Waals surface area contributed by atoms with E-state index in [1.165, 1.54) is 0 Å². The number of aliphatic hydroxyl groups is 1. The lowest BCUT2D eigenvalue weighted by Gasteiger charge is -2.09. The summed E-state index contributed by atoms with van der Waals surface area (Å²) in [5.41, 5.74) is 0.854. The van der Waals surface area contributed by atoms with Crippen LogP contribution in [-0.2, 0) is 13.2 Å². The lowest BCUT2D eigenvalue weighted by Crippen LogP contribution is -2.01. The number of benzene rings is 2. The number of aromatic nitrogens is 2. The first-order valence-corrected chi connectivity index (χ1v) is 6.38. The van der Waals surface area contributed by atoms with Crippen LogP contribution in [0.1, 0.15) is 11.4 Å². The molecule has 4 nitrogen and oxygen atoms in total. The molecule has 0 aliphatic rings. The highest BCUT2D eigenvalue weighted by atomic mass is 16.5. The standard InChI is InChI=1S/C16H14N2O2/c19-10-13-9-14(8-12-4-1-2-5-15(12)13)20-11-16-17-6-3-7-18-16/h1-9,19H,10-11H2. The van der Waals surface area contributed by atoms with Gasteiger partial charge in [0.25, 0.3) is 0 Å². The fourth-order valence-electron chi connectivity index (χ4n) is 2.13. The Morgan fingerprint density at radius 1 is 1.00 bits per heavy atom. The highest BCUT2D eigenvalue weighted by Crippen LogP contribution is 2.25. The third-order valence-corrected chi connectivity index (χ3v) is 3.08. The molecule has 3 rings (SSSR count). The molecule has 0 spiro atoms. The topological polar surface area (TPSA) is 55.2 Å². The zero-order valence-electron chi connectivity index (χ0n) is 10.9. The van der Waals surface area contributed by atoms with E-state index in [4.69, 9.17) is 4.74 Å². The van der Waals surface area contributed by atoms with Crippen molar-refractivity contribution in [2.24, 2.45) is 0 Å². The molecule has 0 atom stereocenters. The van der Waals surface area contributed by atoms with Crippen molar-refractivity contribution >= 4 is 10.8 Å². The Kier molecular flexibility index (Phi) is 3.56. The van der Waals surface area contributed by atoms with Crippen molar-refractivity contribution in [2.75, 3.05) is 0 Å². The molecule has 20 heavy (non-hydrogen) atoms. The quantitative estimate of drug-likeness (QED) is 0.788. The van der Waals surface area contributed by atoms with E-state index in [1.54, 1.807) is 18.5 Å². The molecule has 100 valence electrons. The lowest BCUT2D eigenvalue weighted by atomic mass is 10.0. The number of hydrogen-bond acceptors (Lipinski definition) is 4. The largest absolute Gasteiger partial charge is 0.486 e. The Morgan fingerprint density at radius 3 is 2.60 bits per heavy atom. The SMILES string of the molecule is OCc1cc(OCc2ncccn2)cc2ccccc12. The minimum absolute atomic E-state index is 0.0143. The molecule has 0 fully saturated rings. The fourth-order valence-corrected chi connectivity index (χ4v) is 2.13. The monoisotopic (exact) mass is 266 g/mol. The van der Waals surface area contributed by atoms with Gasteiger partial charge in [-0.3, -0.25) is 0 Å². The van der Waals surface area contributed by atoms with Gasteiger partial charge in [-0.05, 0) is 34.5 Å². The van der Waals surface area contributed by atoms with E-state index >= 15 is 0 Å². The number of hydrogen-bond donors (Lipinski definition) is 1. The zero-order chi connectivity index (χ0) is 13.8. The van der Waals surface area contributed by atoms with Crippen LogP contribution in [0.3, 0.4) is 0 Å². The molecule has 0 amide bonds. The van der Waals surface area contributed by atoms with Crippen molar-refractivity contribution in [3.8, 4) is 5.75 Å². The molecule has 0 radical (unpaired) electrons. The maximum absolute atomic E-state index is 9.47. The molecule has 0 saturated heterocycles. The summed E-state index contributed by atoms with van der Waals surface area (Å²) in [5.74, 6) is 1.34. The van der Waals surface area contributed by atoms with Gasteiger partial charge in [0.15, 0.2) is 5.82 Å². The number of ether oxygens (including phenoxy) is 1. The van der Waals surface area contributed by atoms with Crippen LogP contribution in [0.5, 0.6) is 5.75 Å². The predicted molar refractivity (Wildman–Crippen MR) is 76.2 cm³/mol. The average Bonchev–Trinajstić information content (AvgIpc) is 2.53. The van der Waals surface area contributed by atoms with Gasteiger partial charge in [0.05, 0.1) is 6.61 Å². The summed E-state index contributed by atoms with van der Waals surface area (Å²) in [7, 11) is 0. The number of aliphatic hydroxyl groups excluding tert-OH is 1. The van der Waals surface area contributed by atoms with Gasteiger partial charge in [-0.1, -0.05) is 24.3 Å². The van der Waals surface area contributed by atoms with Gasteiger partial charge in [0.1, 0.15) is 12.4 Å². The summed E-state index contributed by atoms with van der Waals surface area (Å²) >= 11 is 0. The second-order valence-electron chi connectivity index (χ2n) is 4.42. The number of fused-ring (bicyclic) bond motifs is 1. The summed E-state index contributed by atoms with van der Waals surface area (Å²) in [5, 5.41) is 11.5. The van der Waals surface area contributed by atoms with Gasteiger partial charge >= 0.3 is 0 Å². The lowest BCUT2D eigenvalue weighted by molar-refractivity contribution is 0.278. The molecular weight excluding hydrogens is 252 g/mol. The smallest absolute Gasteiger partial charge is 0.166 e. The van der Waals surface area contributed by atoms with Crippen molar-refractivity contribution in [1.82, 2.24) is 9.97 Å². The predicted octanol–water partition coefficient (Wildman–Crippen LogP) is 2.70. The van der Waals surface area contributed by atoms with E-state index in [1.807, 2.05) is 36.4 Å². The maximum atomic E-state index is 9.47. The van der Waals surface area contributed by atoms with Gasteiger partial charge in [0.2, 0.25) is 0 Å². The first-order valence-electron chi connectivity index (χ1n) is 6.38. The summed E-state index contributed by atoms with van der Waals surface area (Å²) in [6.45, 7) is 0.295. The Labute approximate surface area is 116 Å². The van der Waals surface area contributed by atoms with Crippen molar-refractivity contribution in [2.45, 2.75) is 13.2 Å². The van der Waals surface area contributed by atoms with Crippen LogP contribution in [0.2, 0.25) is 0 Å². The van der Waals surface area contributed by atoms with Crippen LogP contribution < -0.4 is 4.74 Å². The molecule has 1 aromatic heterocycles. The minimum atomic E-state index is -0.0143. The molecule has 0 unspecified atom stereocenters. The molecule has 2 aromatic carbocycles. The molecule has 0 aliphatic carbocycles. The third kappa shape index (κ3) is 2.60. The molecular formula is C16H14N2O2. The van der Waals surface area contributed by atoms with Gasteiger partial charge < -0.3 is 9.84 Å².